The van der Waals surface area contributed by atoms with Crippen molar-refractivity contribution in [2.75, 3.05) is 19.0 Å². The van der Waals surface area contributed by atoms with Crippen molar-refractivity contribution in [3.8, 4) is 0 Å². The van der Waals surface area contributed by atoms with E-state index in [1.54, 1.807) is 0 Å². The molecule has 0 spiro atoms. The Morgan fingerprint density at radius 1 is 1.20 bits per heavy atom. The van der Waals surface area contributed by atoms with Gasteiger partial charge in [0, 0.05) is 18.5 Å². The van der Waals surface area contributed by atoms with Crippen LogP contribution in [0, 0.1) is 11.8 Å². The lowest BCUT2D eigenvalue weighted by molar-refractivity contribution is 0.176. The maximum absolute atomic E-state index is 6.01. The number of rotatable bonds is 3. The highest BCUT2D eigenvalue weighted by Crippen LogP contribution is 2.31. The van der Waals surface area contributed by atoms with Crippen LogP contribution in [0.25, 0.3) is 0 Å². The average molecular weight is 230 g/mol. The average Bonchev–Trinajstić information content (AvgIpc) is 2.65. The van der Waals surface area contributed by atoms with Crippen LogP contribution in [0.15, 0.2) is 0 Å². The van der Waals surface area contributed by atoms with Gasteiger partial charge in [-0.1, -0.05) is 19.8 Å². The van der Waals surface area contributed by atoms with Crippen molar-refractivity contribution in [3.63, 3.8) is 0 Å². The summed E-state index contributed by atoms with van der Waals surface area (Å²) in [5.41, 5.74) is 0. The third kappa shape index (κ3) is 3.10. The second-order valence-corrected chi connectivity index (χ2v) is 5.89. The Labute approximate surface area is 99.2 Å². The highest BCUT2D eigenvalue weighted by Gasteiger charge is 2.27. The number of alkyl halides is 1. The molecule has 0 N–H and O–H groups in total. The molecule has 2 fully saturated rings. The lowest BCUT2D eigenvalue weighted by Crippen LogP contribution is -2.36. The number of hydrogen-bond donors (Lipinski definition) is 0. The minimum atomic E-state index is 0.684. The highest BCUT2D eigenvalue weighted by atomic mass is 35.5. The summed E-state index contributed by atoms with van der Waals surface area (Å²) in [5.74, 6) is 2.75. The van der Waals surface area contributed by atoms with E-state index in [4.69, 9.17) is 11.6 Å². The smallest absolute Gasteiger partial charge is 0.0379 e. The second-order valence-electron chi connectivity index (χ2n) is 5.58. The topological polar surface area (TPSA) is 3.24 Å². The van der Waals surface area contributed by atoms with Crippen molar-refractivity contribution in [1.29, 1.82) is 0 Å². The molecule has 0 aromatic rings. The van der Waals surface area contributed by atoms with Crippen LogP contribution in [-0.4, -0.2) is 29.9 Å². The van der Waals surface area contributed by atoms with Crippen molar-refractivity contribution in [2.24, 2.45) is 11.8 Å². The first kappa shape index (κ1) is 11.7. The van der Waals surface area contributed by atoms with Gasteiger partial charge in [0.05, 0.1) is 0 Å². The third-order valence-electron chi connectivity index (χ3n) is 4.21. The van der Waals surface area contributed by atoms with Gasteiger partial charge in [-0.15, -0.1) is 11.6 Å². The Bertz CT molecular complexity index is 195. The number of halogens is 1. The molecule has 3 unspecified atom stereocenters. The van der Waals surface area contributed by atoms with E-state index in [2.05, 4.69) is 11.8 Å². The lowest BCUT2D eigenvalue weighted by Gasteiger charge is -2.32. The molecule has 0 amide bonds. The van der Waals surface area contributed by atoms with Crippen LogP contribution in [0.4, 0.5) is 0 Å². The molecule has 88 valence electrons. The Morgan fingerprint density at radius 2 is 2.07 bits per heavy atom. The number of nitrogens with zero attached hydrogens (tertiary/aromatic N) is 1. The molecule has 15 heavy (non-hydrogen) atoms. The molecule has 0 bridgehead atoms. The van der Waals surface area contributed by atoms with Crippen LogP contribution >= 0.6 is 11.6 Å². The van der Waals surface area contributed by atoms with Crippen LogP contribution < -0.4 is 0 Å². The van der Waals surface area contributed by atoms with E-state index in [1.807, 2.05) is 0 Å². The highest BCUT2D eigenvalue weighted by molar-refractivity contribution is 6.18. The van der Waals surface area contributed by atoms with E-state index >= 15 is 0 Å². The zero-order valence-electron chi connectivity index (χ0n) is 9.92. The first-order valence-electron chi connectivity index (χ1n) is 6.59. The van der Waals surface area contributed by atoms with Gasteiger partial charge in [0.15, 0.2) is 0 Å². The van der Waals surface area contributed by atoms with Crippen LogP contribution in [0.3, 0.4) is 0 Å². The standard InChI is InChI=1S/C13H24ClN/c1-11-4-2-5-12(8-11)10-15-7-3-6-13(15)9-14/h11-13H,2-10H2,1H3. The van der Waals surface area contributed by atoms with Gasteiger partial charge in [0.25, 0.3) is 0 Å². The SMILES string of the molecule is CC1CCCC(CN2CCCC2CCl)C1. The molecule has 0 aromatic carbocycles. The largest absolute Gasteiger partial charge is 0.299 e. The van der Waals surface area contributed by atoms with Crippen LogP contribution in [0.2, 0.25) is 0 Å². The molecule has 0 aromatic heterocycles. The minimum absolute atomic E-state index is 0.684. The summed E-state index contributed by atoms with van der Waals surface area (Å²) in [6.45, 7) is 5.03. The second kappa shape index (κ2) is 5.54. The summed E-state index contributed by atoms with van der Waals surface area (Å²) in [5, 5.41) is 0. The molecule has 2 heteroatoms. The van der Waals surface area contributed by atoms with Crippen molar-refractivity contribution in [2.45, 2.75) is 51.5 Å². The summed E-state index contributed by atoms with van der Waals surface area (Å²) < 4.78 is 0. The summed E-state index contributed by atoms with van der Waals surface area (Å²) in [7, 11) is 0. The Balaban J connectivity index is 1.80. The van der Waals surface area contributed by atoms with E-state index in [0.29, 0.717) is 6.04 Å². The van der Waals surface area contributed by atoms with Gasteiger partial charge in [-0.25, -0.2) is 0 Å². The first-order chi connectivity index (χ1) is 7.29. The lowest BCUT2D eigenvalue weighted by atomic mass is 9.82. The normalized spacial score (nSPS) is 38.4. The van der Waals surface area contributed by atoms with Crippen molar-refractivity contribution < 1.29 is 0 Å². The Kier molecular flexibility index (Phi) is 4.33. The van der Waals surface area contributed by atoms with Crippen molar-refractivity contribution in [1.82, 2.24) is 4.90 Å². The fourth-order valence-electron chi connectivity index (χ4n) is 3.37. The predicted octanol–water partition coefficient (Wildman–Crippen LogP) is 3.52. The van der Waals surface area contributed by atoms with Crippen molar-refractivity contribution >= 4 is 11.6 Å². The summed E-state index contributed by atoms with van der Waals surface area (Å²) in [6.07, 6.45) is 8.49. The van der Waals surface area contributed by atoms with Gasteiger partial charge < -0.3 is 0 Å². The van der Waals surface area contributed by atoms with E-state index in [9.17, 15) is 0 Å². The Hall–Kier alpha value is 0.250. The molecule has 1 aliphatic carbocycles. The van der Waals surface area contributed by atoms with E-state index in [1.165, 1.54) is 51.6 Å². The summed E-state index contributed by atoms with van der Waals surface area (Å²) in [6, 6.07) is 0.684. The van der Waals surface area contributed by atoms with Gasteiger partial charge in [-0.2, -0.15) is 0 Å². The number of likely N-dealkylation sites (tertiary alicyclic amines) is 1. The zero-order chi connectivity index (χ0) is 10.7. The first-order valence-corrected chi connectivity index (χ1v) is 7.13. The van der Waals surface area contributed by atoms with Crippen LogP contribution in [0.1, 0.15) is 45.4 Å². The molecule has 0 radical (unpaired) electrons. The van der Waals surface area contributed by atoms with Gasteiger partial charge in [0.1, 0.15) is 0 Å². The molecular formula is C13H24ClN. The molecule has 2 rings (SSSR count). The van der Waals surface area contributed by atoms with Gasteiger partial charge >= 0.3 is 0 Å². The molecule has 1 nitrogen and oxygen atoms in total. The van der Waals surface area contributed by atoms with Gasteiger partial charge in [0.2, 0.25) is 0 Å². The number of hydrogen-bond acceptors (Lipinski definition) is 1. The monoisotopic (exact) mass is 229 g/mol. The summed E-state index contributed by atoms with van der Waals surface area (Å²) in [4.78, 5) is 2.65. The molecule has 1 heterocycles. The van der Waals surface area contributed by atoms with Gasteiger partial charge in [-0.05, 0) is 44.1 Å². The van der Waals surface area contributed by atoms with E-state index < -0.39 is 0 Å². The maximum atomic E-state index is 6.01. The summed E-state index contributed by atoms with van der Waals surface area (Å²) >= 11 is 6.01. The van der Waals surface area contributed by atoms with Crippen molar-refractivity contribution in [3.05, 3.63) is 0 Å². The Morgan fingerprint density at radius 3 is 2.80 bits per heavy atom. The molecule has 1 aliphatic heterocycles. The molecule has 3 atom stereocenters. The molecular weight excluding hydrogens is 206 g/mol. The molecule has 1 saturated carbocycles. The fourth-order valence-corrected chi connectivity index (χ4v) is 3.72. The van der Waals surface area contributed by atoms with Gasteiger partial charge in [-0.3, -0.25) is 4.90 Å². The van der Waals surface area contributed by atoms with Crippen LogP contribution in [0.5, 0.6) is 0 Å². The van der Waals surface area contributed by atoms with Crippen LogP contribution in [-0.2, 0) is 0 Å². The fraction of sp³-hybridized carbons (Fsp3) is 1.00. The zero-order valence-corrected chi connectivity index (χ0v) is 10.7. The minimum Gasteiger partial charge on any atom is -0.299 e. The maximum Gasteiger partial charge on any atom is 0.0379 e. The third-order valence-corrected chi connectivity index (χ3v) is 4.57. The van der Waals surface area contributed by atoms with E-state index in [0.717, 1.165) is 17.7 Å². The predicted molar refractivity (Wildman–Crippen MR) is 66.4 cm³/mol. The van der Waals surface area contributed by atoms with E-state index in [-0.39, 0.29) is 0 Å². The molecule has 1 saturated heterocycles. The quantitative estimate of drug-likeness (QED) is 0.670. The molecule has 2 aliphatic rings.